The van der Waals surface area contributed by atoms with Crippen LogP contribution in [0, 0.1) is 24.0 Å². The minimum absolute atomic E-state index is 0.00743. The van der Waals surface area contributed by atoms with Gasteiger partial charge in [0.05, 0.1) is 11.3 Å². The van der Waals surface area contributed by atoms with Gasteiger partial charge in [-0.2, -0.15) is 0 Å². The summed E-state index contributed by atoms with van der Waals surface area (Å²) in [6, 6.07) is 6.40. The second-order valence-corrected chi connectivity index (χ2v) is 4.25. The third kappa shape index (κ3) is 2.95. The van der Waals surface area contributed by atoms with Gasteiger partial charge in [0.25, 0.3) is 5.56 Å². The zero-order chi connectivity index (χ0) is 15.4. The smallest absolute Gasteiger partial charge is 0.250 e. The van der Waals surface area contributed by atoms with E-state index in [2.05, 4.69) is 5.92 Å². The molecule has 0 atom stereocenters. The summed E-state index contributed by atoms with van der Waals surface area (Å²) < 4.78 is 34.7. The van der Waals surface area contributed by atoms with E-state index in [1.807, 2.05) is 0 Å². The van der Waals surface area contributed by atoms with Gasteiger partial charge in [-0.1, -0.05) is 12.0 Å². The van der Waals surface area contributed by atoms with Crippen molar-refractivity contribution in [3.63, 3.8) is 0 Å². The van der Waals surface area contributed by atoms with Gasteiger partial charge in [0.15, 0.2) is 0 Å². The SMILES string of the molecule is C#CCOc1cc(F)c(-c2cccc(=O)n2CC)c(F)c1. The van der Waals surface area contributed by atoms with Crippen molar-refractivity contribution in [3.05, 3.63) is 52.3 Å². The zero-order valence-corrected chi connectivity index (χ0v) is 11.4. The quantitative estimate of drug-likeness (QED) is 0.810. The molecule has 2 rings (SSSR count). The minimum atomic E-state index is -0.810. The van der Waals surface area contributed by atoms with Gasteiger partial charge in [0.1, 0.15) is 24.0 Å². The van der Waals surface area contributed by atoms with Crippen LogP contribution in [0.5, 0.6) is 5.75 Å². The van der Waals surface area contributed by atoms with E-state index in [4.69, 9.17) is 11.2 Å². The van der Waals surface area contributed by atoms with Crippen LogP contribution in [0.25, 0.3) is 11.3 Å². The van der Waals surface area contributed by atoms with Gasteiger partial charge >= 0.3 is 0 Å². The van der Waals surface area contributed by atoms with Crippen molar-refractivity contribution in [2.75, 3.05) is 6.61 Å². The van der Waals surface area contributed by atoms with Crippen molar-refractivity contribution in [1.82, 2.24) is 4.57 Å². The molecule has 21 heavy (non-hydrogen) atoms. The summed E-state index contributed by atoms with van der Waals surface area (Å²) in [5.41, 5.74) is -0.396. The van der Waals surface area contributed by atoms with Gasteiger partial charge in [-0.05, 0) is 13.0 Å². The third-order valence-corrected chi connectivity index (χ3v) is 2.96. The highest BCUT2D eigenvalue weighted by atomic mass is 19.1. The molecule has 0 bridgehead atoms. The zero-order valence-electron chi connectivity index (χ0n) is 11.4. The standard InChI is InChI=1S/C16H13F2NO2/c1-3-8-21-11-9-12(17)16(13(18)10-11)14-6-5-7-15(20)19(14)4-2/h1,5-7,9-10H,4,8H2,2H3. The summed E-state index contributed by atoms with van der Waals surface area (Å²) in [6.45, 7) is 1.96. The molecule has 0 aliphatic heterocycles. The fourth-order valence-electron chi connectivity index (χ4n) is 2.07. The molecule has 1 aromatic carbocycles. The highest BCUT2D eigenvalue weighted by Gasteiger charge is 2.17. The van der Waals surface area contributed by atoms with Crippen molar-refractivity contribution >= 4 is 0 Å². The third-order valence-electron chi connectivity index (χ3n) is 2.96. The maximum Gasteiger partial charge on any atom is 0.250 e. The molecular weight excluding hydrogens is 276 g/mol. The molecule has 1 aromatic heterocycles. The number of halogens is 2. The molecule has 0 aliphatic rings. The molecular formula is C16H13F2NO2. The molecule has 1 heterocycles. The van der Waals surface area contributed by atoms with Crippen LogP contribution in [0.4, 0.5) is 8.78 Å². The molecule has 0 aliphatic carbocycles. The number of benzene rings is 1. The second-order valence-electron chi connectivity index (χ2n) is 4.25. The Bertz CT molecular complexity index is 737. The molecule has 3 nitrogen and oxygen atoms in total. The number of pyridine rings is 1. The first-order valence-electron chi connectivity index (χ1n) is 6.34. The van der Waals surface area contributed by atoms with E-state index < -0.39 is 11.6 Å². The van der Waals surface area contributed by atoms with Crippen LogP contribution in [0.3, 0.4) is 0 Å². The summed E-state index contributed by atoms with van der Waals surface area (Å²) in [6.07, 6.45) is 5.03. The van der Waals surface area contributed by atoms with Crippen LogP contribution >= 0.6 is 0 Å². The molecule has 0 spiro atoms. The number of aromatic nitrogens is 1. The van der Waals surface area contributed by atoms with Crippen molar-refractivity contribution < 1.29 is 13.5 Å². The Kier molecular flexibility index (Phi) is 4.39. The van der Waals surface area contributed by atoms with Gasteiger partial charge in [-0.3, -0.25) is 4.79 Å². The van der Waals surface area contributed by atoms with E-state index in [1.165, 1.54) is 22.8 Å². The molecule has 0 unspecified atom stereocenters. The number of nitrogens with zero attached hydrogens (tertiary/aromatic N) is 1. The molecule has 5 heteroatoms. The first kappa shape index (κ1) is 14.8. The van der Waals surface area contributed by atoms with Crippen LogP contribution in [0.2, 0.25) is 0 Å². The second kappa shape index (κ2) is 6.23. The molecule has 0 saturated heterocycles. The van der Waals surface area contributed by atoms with E-state index >= 15 is 0 Å². The van der Waals surface area contributed by atoms with Crippen LogP contribution in [-0.2, 0) is 6.54 Å². The predicted octanol–water partition coefficient (Wildman–Crippen LogP) is 2.83. The summed E-state index contributed by atoms with van der Waals surface area (Å²) in [5, 5.41) is 0. The Morgan fingerprint density at radius 2 is 1.95 bits per heavy atom. The number of ether oxygens (including phenoxy) is 1. The Hall–Kier alpha value is -2.61. The molecule has 2 aromatic rings. The van der Waals surface area contributed by atoms with Crippen molar-refractivity contribution in [2.45, 2.75) is 13.5 Å². The number of rotatable bonds is 4. The Labute approximate surface area is 120 Å². The van der Waals surface area contributed by atoms with Crippen molar-refractivity contribution in [3.8, 4) is 29.4 Å². The van der Waals surface area contributed by atoms with Crippen LogP contribution in [0.15, 0.2) is 35.1 Å². The largest absolute Gasteiger partial charge is 0.481 e. The lowest BCUT2D eigenvalue weighted by atomic mass is 10.1. The lowest BCUT2D eigenvalue weighted by molar-refractivity contribution is 0.365. The number of terminal acetylenes is 1. The fourth-order valence-corrected chi connectivity index (χ4v) is 2.07. The van der Waals surface area contributed by atoms with Gasteiger partial charge in [0, 0.05) is 24.7 Å². The first-order chi connectivity index (χ1) is 10.1. The van der Waals surface area contributed by atoms with Crippen LogP contribution in [-0.4, -0.2) is 11.2 Å². The summed E-state index contributed by atoms with van der Waals surface area (Å²) in [4.78, 5) is 11.7. The fraction of sp³-hybridized carbons (Fsp3) is 0.188. The molecule has 0 fully saturated rings. The van der Waals surface area contributed by atoms with E-state index in [0.29, 0.717) is 6.54 Å². The molecule has 108 valence electrons. The highest BCUT2D eigenvalue weighted by molar-refractivity contribution is 5.62. The van der Waals surface area contributed by atoms with Crippen molar-refractivity contribution in [1.29, 1.82) is 0 Å². The molecule has 0 saturated carbocycles. The maximum atomic E-state index is 14.2. The normalized spacial score (nSPS) is 10.2. The van der Waals surface area contributed by atoms with Gasteiger partial charge < -0.3 is 9.30 Å². The highest BCUT2D eigenvalue weighted by Crippen LogP contribution is 2.29. The maximum absolute atomic E-state index is 14.2. The van der Waals surface area contributed by atoms with E-state index in [0.717, 1.165) is 12.1 Å². The topological polar surface area (TPSA) is 31.2 Å². The summed E-state index contributed by atoms with van der Waals surface area (Å²) >= 11 is 0. The average Bonchev–Trinajstić information content (AvgIpc) is 2.44. The monoisotopic (exact) mass is 289 g/mol. The van der Waals surface area contributed by atoms with Gasteiger partial charge in [0.2, 0.25) is 0 Å². The lowest BCUT2D eigenvalue weighted by Crippen LogP contribution is -2.20. The number of hydrogen-bond donors (Lipinski definition) is 0. The van der Waals surface area contributed by atoms with E-state index in [9.17, 15) is 13.6 Å². The Morgan fingerprint density at radius 1 is 1.29 bits per heavy atom. The van der Waals surface area contributed by atoms with Crippen molar-refractivity contribution in [2.24, 2.45) is 0 Å². The molecule has 0 radical (unpaired) electrons. The van der Waals surface area contributed by atoms with E-state index in [1.54, 1.807) is 6.92 Å². The van der Waals surface area contributed by atoms with Crippen LogP contribution < -0.4 is 10.3 Å². The average molecular weight is 289 g/mol. The minimum Gasteiger partial charge on any atom is -0.481 e. The Morgan fingerprint density at radius 3 is 2.52 bits per heavy atom. The van der Waals surface area contributed by atoms with E-state index in [-0.39, 0.29) is 29.2 Å². The number of hydrogen-bond acceptors (Lipinski definition) is 2. The first-order valence-corrected chi connectivity index (χ1v) is 6.34. The molecule has 0 amide bonds. The summed E-state index contributed by atoms with van der Waals surface area (Å²) in [5.74, 6) is 0.601. The predicted molar refractivity (Wildman–Crippen MR) is 76.1 cm³/mol. The lowest BCUT2D eigenvalue weighted by Gasteiger charge is -2.13. The summed E-state index contributed by atoms with van der Waals surface area (Å²) in [7, 11) is 0. The molecule has 0 N–H and O–H groups in total. The van der Waals surface area contributed by atoms with Crippen LogP contribution in [0.1, 0.15) is 6.92 Å². The Balaban J connectivity index is 2.58. The van der Waals surface area contributed by atoms with Gasteiger partial charge in [-0.25, -0.2) is 8.78 Å². The van der Waals surface area contributed by atoms with Gasteiger partial charge in [-0.15, -0.1) is 6.42 Å².